The highest BCUT2D eigenvalue weighted by Gasteiger charge is 2.48. The molecule has 7 heteroatoms. The first-order valence-electron chi connectivity index (χ1n) is 8.49. The fourth-order valence-corrected chi connectivity index (χ4v) is 4.02. The number of benzene rings is 3. The molecule has 0 amide bonds. The van der Waals surface area contributed by atoms with Crippen LogP contribution in [0.4, 0.5) is 13.2 Å². The summed E-state index contributed by atoms with van der Waals surface area (Å²) in [6.07, 6.45) is 0.765. The fraction of sp³-hybridized carbons (Fsp3) is 0.143. The van der Waals surface area contributed by atoms with Gasteiger partial charge >= 0.3 is 15.6 Å². The van der Waals surface area contributed by atoms with E-state index < -0.39 is 15.6 Å². The maximum absolute atomic E-state index is 12.6. The number of hydrogen-bond acceptors (Lipinski definition) is 3. The Morgan fingerprint density at radius 2 is 1.57 bits per heavy atom. The van der Waals surface area contributed by atoms with E-state index in [1.165, 1.54) is 24.1 Å². The SMILES string of the molecule is Cc1cc(-c2cccc3c2Cc2ccccc2-3)ccc1OS(=O)(=O)C(F)(F)F. The Hall–Kier alpha value is -2.80. The normalized spacial score (nSPS) is 13.1. The van der Waals surface area contributed by atoms with Crippen LogP contribution in [0.3, 0.4) is 0 Å². The monoisotopic (exact) mass is 404 g/mol. The van der Waals surface area contributed by atoms with Gasteiger partial charge in [-0.25, -0.2) is 0 Å². The lowest BCUT2D eigenvalue weighted by Gasteiger charge is -2.14. The molecule has 0 aliphatic heterocycles. The first-order chi connectivity index (χ1) is 13.2. The van der Waals surface area contributed by atoms with Gasteiger partial charge in [-0.05, 0) is 64.4 Å². The molecule has 3 nitrogen and oxygen atoms in total. The molecule has 0 saturated heterocycles. The highest BCUT2D eigenvalue weighted by Crippen LogP contribution is 2.42. The summed E-state index contributed by atoms with van der Waals surface area (Å²) in [7, 11) is -5.70. The van der Waals surface area contributed by atoms with Crippen LogP contribution in [-0.2, 0) is 16.5 Å². The second kappa shape index (κ2) is 6.38. The van der Waals surface area contributed by atoms with Gasteiger partial charge in [-0.1, -0.05) is 48.5 Å². The molecule has 0 radical (unpaired) electrons. The van der Waals surface area contributed by atoms with Gasteiger partial charge in [0.15, 0.2) is 0 Å². The standard InChI is InChI=1S/C21H15F3O3S/c1-13-11-15(9-10-20(13)27-28(25,26)21(22,23)24)17-7-4-8-18-16-6-3-2-5-14(16)12-19(17)18/h2-11H,12H2,1H3. The second-order valence-corrected chi connectivity index (χ2v) is 8.17. The van der Waals surface area contributed by atoms with Crippen LogP contribution < -0.4 is 4.18 Å². The molecular weight excluding hydrogens is 389 g/mol. The molecule has 144 valence electrons. The predicted octanol–water partition coefficient (Wildman–Crippen LogP) is 5.46. The van der Waals surface area contributed by atoms with Gasteiger partial charge in [0.1, 0.15) is 5.75 Å². The van der Waals surface area contributed by atoms with E-state index in [1.807, 2.05) is 30.3 Å². The summed E-state index contributed by atoms with van der Waals surface area (Å²) in [5.41, 5.74) is 1.25. The predicted molar refractivity (Wildman–Crippen MR) is 100 cm³/mol. The molecule has 0 atom stereocenters. The quantitative estimate of drug-likeness (QED) is 0.336. The van der Waals surface area contributed by atoms with Gasteiger partial charge in [0.05, 0.1) is 0 Å². The minimum Gasteiger partial charge on any atom is -0.376 e. The summed E-state index contributed by atoms with van der Waals surface area (Å²) in [6, 6.07) is 18.5. The van der Waals surface area contributed by atoms with Crippen molar-refractivity contribution in [1.29, 1.82) is 0 Å². The van der Waals surface area contributed by atoms with E-state index in [9.17, 15) is 21.6 Å². The van der Waals surface area contributed by atoms with Crippen LogP contribution >= 0.6 is 0 Å². The lowest BCUT2D eigenvalue weighted by Crippen LogP contribution is -2.28. The summed E-state index contributed by atoms with van der Waals surface area (Å²) in [4.78, 5) is 0. The molecule has 4 rings (SSSR count). The summed E-state index contributed by atoms with van der Waals surface area (Å²) < 4.78 is 64.5. The smallest absolute Gasteiger partial charge is 0.376 e. The van der Waals surface area contributed by atoms with Crippen LogP contribution in [0.5, 0.6) is 5.75 Å². The molecule has 28 heavy (non-hydrogen) atoms. The average molecular weight is 404 g/mol. The molecule has 0 spiro atoms. The Morgan fingerprint density at radius 3 is 2.29 bits per heavy atom. The fourth-order valence-electron chi connectivity index (χ4n) is 3.50. The number of alkyl halides is 3. The minimum atomic E-state index is -5.70. The Labute approximate surface area is 160 Å². The average Bonchev–Trinajstić information content (AvgIpc) is 3.01. The van der Waals surface area contributed by atoms with Crippen LogP contribution in [-0.4, -0.2) is 13.9 Å². The van der Waals surface area contributed by atoms with Gasteiger partial charge in [-0.3, -0.25) is 0 Å². The van der Waals surface area contributed by atoms with E-state index in [-0.39, 0.29) is 5.75 Å². The lowest BCUT2D eigenvalue weighted by atomic mass is 9.95. The van der Waals surface area contributed by atoms with Crippen molar-refractivity contribution in [2.75, 3.05) is 0 Å². The molecule has 0 fully saturated rings. The zero-order chi connectivity index (χ0) is 20.1. The Kier molecular flexibility index (Phi) is 4.23. The molecular formula is C21H15F3O3S. The van der Waals surface area contributed by atoms with E-state index >= 15 is 0 Å². The second-order valence-electron chi connectivity index (χ2n) is 6.63. The van der Waals surface area contributed by atoms with Crippen molar-refractivity contribution in [3.05, 3.63) is 77.4 Å². The van der Waals surface area contributed by atoms with E-state index in [0.29, 0.717) is 5.56 Å². The maximum atomic E-state index is 12.6. The molecule has 0 aromatic heterocycles. The van der Waals surface area contributed by atoms with Crippen LogP contribution in [0, 0.1) is 6.92 Å². The molecule has 3 aromatic carbocycles. The van der Waals surface area contributed by atoms with E-state index in [2.05, 4.69) is 16.3 Å². The zero-order valence-corrected chi connectivity index (χ0v) is 15.6. The highest BCUT2D eigenvalue weighted by molar-refractivity contribution is 7.88. The van der Waals surface area contributed by atoms with Gasteiger partial charge in [0, 0.05) is 0 Å². The molecule has 3 aromatic rings. The molecule has 0 heterocycles. The highest BCUT2D eigenvalue weighted by atomic mass is 32.2. The largest absolute Gasteiger partial charge is 0.534 e. The van der Waals surface area contributed by atoms with Crippen molar-refractivity contribution in [1.82, 2.24) is 0 Å². The van der Waals surface area contributed by atoms with E-state index in [0.717, 1.165) is 28.7 Å². The van der Waals surface area contributed by atoms with Gasteiger partial charge in [-0.15, -0.1) is 0 Å². The first kappa shape index (κ1) is 18.6. The van der Waals surface area contributed by atoms with Gasteiger partial charge in [0.25, 0.3) is 0 Å². The van der Waals surface area contributed by atoms with Crippen LogP contribution in [0.15, 0.2) is 60.7 Å². The summed E-state index contributed by atoms with van der Waals surface area (Å²) in [6.45, 7) is 1.52. The topological polar surface area (TPSA) is 43.4 Å². The summed E-state index contributed by atoms with van der Waals surface area (Å²) in [5, 5.41) is 0. The number of rotatable bonds is 3. The van der Waals surface area contributed by atoms with Crippen molar-refractivity contribution >= 4 is 10.1 Å². The van der Waals surface area contributed by atoms with Gasteiger partial charge in [0.2, 0.25) is 0 Å². The van der Waals surface area contributed by atoms with Gasteiger partial charge in [-0.2, -0.15) is 21.6 Å². The van der Waals surface area contributed by atoms with Crippen molar-refractivity contribution in [2.24, 2.45) is 0 Å². The third-order valence-corrected chi connectivity index (χ3v) is 5.79. The van der Waals surface area contributed by atoms with Crippen LogP contribution in [0.1, 0.15) is 16.7 Å². The Morgan fingerprint density at radius 1 is 0.893 bits per heavy atom. The Bertz CT molecular complexity index is 1180. The van der Waals surface area contributed by atoms with Crippen molar-refractivity contribution in [3.63, 3.8) is 0 Å². The molecule has 0 saturated carbocycles. The first-order valence-corrected chi connectivity index (χ1v) is 9.90. The lowest BCUT2D eigenvalue weighted by molar-refractivity contribution is -0.0500. The van der Waals surface area contributed by atoms with Crippen molar-refractivity contribution < 1.29 is 25.8 Å². The van der Waals surface area contributed by atoms with Crippen molar-refractivity contribution in [2.45, 2.75) is 18.9 Å². The minimum absolute atomic E-state index is 0.304. The Balaban J connectivity index is 1.73. The number of aryl methyl sites for hydroxylation is 1. The van der Waals surface area contributed by atoms with E-state index in [4.69, 9.17) is 0 Å². The summed E-state index contributed by atoms with van der Waals surface area (Å²) in [5.74, 6) is -0.336. The molecule has 0 bridgehead atoms. The zero-order valence-electron chi connectivity index (χ0n) is 14.7. The summed E-state index contributed by atoms with van der Waals surface area (Å²) >= 11 is 0. The molecule has 0 N–H and O–H groups in total. The third-order valence-electron chi connectivity index (χ3n) is 4.82. The van der Waals surface area contributed by atoms with Crippen molar-refractivity contribution in [3.8, 4) is 28.0 Å². The molecule has 1 aliphatic rings. The van der Waals surface area contributed by atoms with Gasteiger partial charge < -0.3 is 4.18 Å². The number of fused-ring (bicyclic) bond motifs is 3. The van der Waals surface area contributed by atoms with Crippen LogP contribution in [0.25, 0.3) is 22.3 Å². The number of hydrogen-bond donors (Lipinski definition) is 0. The third kappa shape index (κ3) is 3.05. The maximum Gasteiger partial charge on any atom is 0.534 e. The number of halogens is 3. The van der Waals surface area contributed by atoms with E-state index in [1.54, 1.807) is 12.1 Å². The molecule has 0 unspecified atom stereocenters. The van der Waals surface area contributed by atoms with Crippen LogP contribution in [0.2, 0.25) is 0 Å². The molecule has 1 aliphatic carbocycles.